The van der Waals surface area contributed by atoms with E-state index in [0.717, 1.165) is 36.0 Å². The Morgan fingerprint density at radius 2 is 1.32 bits per heavy atom. The van der Waals surface area contributed by atoms with Crippen molar-refractivity contribution in [1.82, 2.24) is 4.57 Å². The number of hydrogen-bond donors (Lipinski definition) is 0. The fourth-order valence-corrected chi connectivity index (χ4v) is 4.09. The molecular weight excluding hydrogens is 306 g/mol. The number of hydrogen-bond acceptors (Lipinski definition) is 1. The van der Waals surface area contributed by atoms with Gasteiger partial charge in [-0.2, -0.15) is 0 Å². The van der Waals surface area contributed by atoms with Gasteiger partial charge >= 0.3 is 0 Å². The molecule has 4 aromatic rings. The third-order valence-corrected chi connectivity index (χ3v) is 5.38. The maximum Gasteiger partial charge on any atom is 0.254 e. The summed E-state index contributed by atoms with van der Waals surface area (Å²) in [5.41, 5.74) is 2.10. The van der Waals surface area contributed by atoms with Gasteiger partial charge in [-0.1, -0.05) is 61.9 Å². The summed E-state index contributed by atoms with van der Waals surface area (Å²) in [6.07, 6.45) is 2.11. The lowest BCUT2D eigenvalue weighted by Crippen LogP contribution is -2.25. The first-order valence-electron chi connectivity index (χ1n) is 9.08. The van der Waals surface area contributed by atoms with Gasteiger partial charge in [-0.15, -0.1) is 0 Å². The molecule has 0 aliphatic rings. The van der Waals surface area contributed by atoms with Gasteiger partial charge in [0.2, 0.25) is 0 Å². The SMILES string of the molecule is CCCCn1c(C)c2c3ccccc3c3ccccc3c2c(C)c1=O. The van der Waals surface area contributed by atoms with Gasteiger partial charge in [0.1, 0.15) is 0 Å². The number of benzene rings is 3. The van der Waals surface area contributed by atoms with Crippen molar-refractivity contribution in [3.63, 3.8) is 0 Å². The second-order valence-electron chi connectivity index (χ2n) is 6.86. The van der Waals surface area contributed by atoms with Crippen molar-refractivity contribution in [2.24, 2.45) is 0 Å². The number of fused-ring (bicyclic) bond motifs is 6. The largest absolute Gasteiger partial charge is 0.312 e. The van der Waals surface area contributed by atoms with Crippen LogP contribution in [0.25, 0.3) is 32.3 Å². The van der Waals surface area contributed by atoms with Crippen LogP contribution in [0.3, 0.4) is 0 Å². The molecule has 0 spiro atoms. The van der Waals surface area contributed by atoms with Crippen LogP contribution in [0.1, 0.15) is 31.0 Å². The molecule has 3 aromatic carbocycles. The predicted octanol–water partition coefficient (Wildman–Crippen LogP) is 5.72. The first-order valence-corrected chi connectivity index (χ1v) is 9.08. The highest BCUT2D eigenvalue weighted by Crippen LogP contribution is 2.37. The van der Waals surface area contributed by atoms with Crippen molar-refractivity contribution in [3.05, 3.63) is 70.1 Å². The predicted molar refractivity (Wildman–Crippen MR) is 108 cm³/mol. The molecule has 0 amide bonds. The Labute approximate surface area is 147 Å². The maximum atomic E-state index is 13.1. The van der Waals surface area contributed by atoms with Crippen LogP contribution in [0, 0.1) is 13.8 Å². The molecule has 4 rings (SSSR count). The van der Waals surface area contributed by atoms with E-state index in [1.54, 1.807) is 0 Å². The number of aryl methyl sites for hydroxylation is 2. The molecule has 0 N–H and O–H groups in total. The lowest BCUT2D eigenvalue weighted by molar-refractivity contribution is 0.601. The normalized spacial score (nSPS) is 11.6. The Morgan fingerprint density at radius 1 is 0.800 bits per heavy atom. The van der Waals surface area contributed by atoms with E-state index in [-0.39, 0.29) is 5.56 Å². The molecule has 0 unspecified atom stereocenters. The standard InChI is InChI=1S/C23H23NO/c1-4-5-14-24-16(3)22-20-13-9-7-11-18(20)17-10-6-8-12-19(17)21(22)15(2)23(24)25/h6-13H,4-5,14H2,1-3H3. The number of nitrogens with zero attached hydrogens (tertiary/aromatic N) is 1. The van der Waals surface area contributed by atoms with E-state index in [4.69, 9.17) is 0 Å². The number of pyridine rings is 1. The molecule has 0 fully saturated rings. The van der Waals surface area contributed by atoms with Crippen LogP contribution in [-0.4, -0.2) is 4.57 Å². The molecule has 0 saturated carbocycles. The van der Waals surface area contributed by atoms with E-state index in [0.29, 0.717) is 0 Å². The summed E-state index contributed by atoms with van der Waals surface area (Å²) in [6.45, 7) is 7.03. The third-order valence-electron chi connectivity index (χ3n) is 5.38. The van der Waals surface area contributed by atoms with E-state index >= 15 is 0 Å². The number of rotatable bonds is 3. The Morgan fingerprint density at radius 3 is 1.88 bits per heavy atom. The quantitative estimate of drug-likeness (QED) is 0.440. The minimum atomic E-state index is 0.152. The Hall–Kier alpha value is -2.61. The summed E-state index contributed by atoms with van der Waals surface area (Å²) >= 11 is 0. The highest BCUT2D eigenvalue weighted by Gasteiger charge is 2.16. The van der Waals surface area contributed by atoms with Crippen LogP contribution in [0.15, 0.2) is 53.3 Å². The monoisotopic (exact) mass is 329 g/mol. The molecule has 0 atom stereocenters. The molecule has 2 heteroatoms. The van der Waals surface area contributed by atoms with E-state index in [1.165, 1.54) is 26.9 Å². The third kappa shape index (κ3) is 2.28. The lowest BCUT2D eigenvalue weighted by atomic mass is 9.91. The first-order chi connectivity index (χ1) is 12.1. The minimum Gasteiger partial charge on any atom is -0.312 e. The molecule has 1 aromatic heterocycles. The summed E-state index contributed by atoms with van der Waals surface area (Å²) < 4.78 is 1.97. The Balaban J connectivity index is 2.31. The average molecular weight is 329 g/mol. The van der Waals surface area contributed by atoms with Crippen molar-refractivity contribution in [2.45, 2.75) is 40.2 Å². The fraction of sp³-hybridized carbons (Fsp3) is 0.261. The van der Waals surface area contributed by atoms with Gasteiger partial charge in [0.15, 0.2) is 0 Å². The van der Waals surface area contributed by atoms with Gasteiger partial charge in [0, 0.05) is 28.6 Å². The summed E-state index contributed by atoms with van der Waals surface area (Å²) in [6, 6.07) is 17.0. The highest BCUT2D eigenvalue weighted by molar-refractivity contribution is 6.26. The van der Waals surface area contributed by atoms with Crippen LogP contribution in [0.4, 0.5) is 0 Å². The molecule has 0 aliphatic carbocycles. The summed E-state index contributed by atoms with van der Waals surface area (Å²) in [5.74, 6) is 0. The van der Waals surface area contributed by atoms with Crippen molar-refractivity contribution >= 4 is 32.3 Å². The zero-order valence-corrected chi connectivity index (χ0v) is 15.1. The zero-order valence-electron chi connectivity index (χ0n) is 15.1. The summed E-state index contributed by atoms with van der Waals surface area (Å²) in [5, 5.41) is 7.23. The molecule has 0 bridgehead atoms. The fourth-order valence-electron chi connectivity index (χ4n) is 4.09. The second-order valence-corrected chi connectivity index (χ2v) is 6.86. The van der Waals surface area contributed by atoms with E-state index in [9.17, 15) is 4.79 Å². The van der Waals surface area contributed by atoms with Crippen LogP contribution < -0.4 is 5.56 Å². The van der Waals surface area contributed by atoms with Crippen LogP contribution >= 0.6 is 0 Å². The Bertz CT molecular complexity index is 1170. The molecule has 2 nitrogen and oxygen atoms in total. The highest BCUT2D eigenvalue weighted by atomic mass is 16.1. The molecular formula is C23H23NO. The van der Waals surface area contributed by atoms with Crippen molar-refractivity contribution in [1.29, 1.82) is 0 Å². The molecule has 126 valence electrons. The van der Waals surface area contributed by atoms with Gasteiger partial charge in [0.25, 0.3) is 5.56 Å². The van der Waals surface area contributed by atoms with E-state index in [2.05, 4.69) is 62.4 Å². The average Bonchev–Trinajstić information content (AvgIpc) is 2.65. The smallest absolute Gasteiger partial charge is 0.254 e. The first kappa shape index (κ1) is 15.9. The number of aromatic nitrogens is 1. The molecule has 25 heavy (non-hydrogen) atoms. The van der Waals surface area contributed by atoms with E-state index in [1.807, 2.05) is 11.5 Å². The number of unbranched alkanes of at least 4 members (excludes halogenated alkanes) is 1. The van der Waals surface area contributed by atoms with Gasteiger partial charge in [-0.25, -0.2) is 0 Å². The molecule has 0 saturated heterocycles. The Kier molecular flexibility index (Phi) is 3.84. The van der Waals surface area contributed by atoms with Crippen molar-refractivity contribution in [2.75, 3.05) is 0 Å². The van der Waals surface area contributed by atoms with Gasteiger partial charge in [-0.3, -0.25) is 4.79 Å². The van der Waals surface area contributed by atoms with Gasteiger partial charge in [0.05, 0.1) is 0 Å². The van der Waals surface area contributed by atoms with Crippen LogP contribution in [0.2, 0.25) is 0 Å². The van der Waals surface area contributed by atoms with E-state index < -0.39 is 0 Å². The topological polar surface area (TPSA) is 22.0 Å². The van der Waals surface area contributed by atoms with Crippen molar-refractivity contribution < 1.29 is 0 Å². The molecule has 0 aliphatic heterocycles. The van der Waals surface area contributed by atoms with Gasteiger partial charge in [-0.05, 0) is 41.8 Å². The molecule has 0 radical (unpaired) electrons. The molecule has 1 heterocycles. The second kappa shape index (κ2) is 6.03. The van der Waals surface area contributed by atoms with Crippen molar-refractivity contribution in [3.8, 4) is 0 Å². The minimum absolute atomic E-state index is 0.152. The zero-order chi connectivity index (χ0) is 17.6. The van der Waals surface area contributed by atoms with Crippen LogP contribution in [0.5, 0.6) is 0 Å². The van der Waals surface area contributed by atoms with Gasteiger partial charge < -0.3 is 4.57 Å². The summed E-state index contributed by atoms with van der Waals surface area (Å²) in [7, 11) is 0. The lowest BCUT2D eigenvalue weighted by Gasteiger charge is -2.18. The summed E-state index contributed by atoms with van der Waals surface area (Å²) in [4.78, 5) is 13.1. The maximum absolute atomic E-state index is 13.1. The van der Waals surface area contributed by atoms with Crippen LogP contribution in [-0.2, 0) is 6.54 Å².